The molecule has 3 rings (SSSR count). The molecule has 2 N–H and O–H groups in total. The number of para-hydroxylation sites is 1. The van der Waals surface area contributed by atoms with Gasteiger partial charge in [0.25, 0.3) is 0 Å². The number of benzene rings is 2. The molecule has 0 aliphatic carbocycles. The van der Waals surface area contributed by atoms with Crippen molar-refractivity contribution in [3.8, 4) is 11.4 Å². The van der Waals surface area contributed by atoms with E-state index in [2.05, 4.69) is 4.98 Å². The first-order valence-corrected chi connectivity index (χ1v) is 6.22. The summed E-state index contributed by atoms with van der Waals surface area (Å²) in [6.45, 7) is 2.72. The van der Waals surface area contributed by atoms with Crippen molar-refractivity contribution in [3.05, 3.63) is 48.3 Å². The molecule has 0 fully saturated rings. The third-order valence-electron chi connectivity index (χ3n) is 3.24. The highest BCUT2D eigenvalue weighted by Crippen LogP contribution is 2.29. The first kappa shape index (κ1) is 11.7. The molecule has 0 atom stereocenters. The Balaban J connectivity index is 2.36. The quantitative estimate of drug-likeness (QED) is 0.713. The summed E-state index contributed by atoms with van der Waals surface area (Å²) in [5.74, 6) is 0.347. The Kier molecular flexibility index (Phi) is 2.71. The molecular weight excluding hydrogens is 241 g/mol. The molecule has 4 heteroatoms. The van der Waals surface area contributed by atoms with Gasteiger partial charge in [-0.3, -0.25) is 0 Å². The van der Waals surface area contributed by atoms with Crippen LogP contribution in [0, 0.1) is 5.82 Å². The normalized spacial score (nSPS) is 11.1. The van der Waals surface area contributed by atoms with Gasteiger partial charge in [-0.05, 0) is 31.2 Å². The van der Waals surface area contributed by atoms with Gasteiger partial charge >= 0.3 is 0 Å². The zero-order valence-corrected chi connectivity index (χ0v) is 10.6. The molecule has 0 saturated carbocycles. The van der Waals surface area contributed by atoms with E-state index in [1.807, 2.05) is 23.6 Å². The lowest BCUT2D eigenvalue weighted by atomic mass is 10.2. The first-order valence-electron chi connectivity index (χ1n) is 6.22. The van der Waals surface area contributed by atoms with E-state index in [1.54, 1.807) is 24.3 Å². The fraction of sp³-hybridized carbons (Fsp3) is 0.133. The van der Waals surface area contributed by atoms with Gasteiger partial charge in [-0.15, -0.1) is 0 Å². The van der Waals surface area contributed by atoms with Gasteiger partial charge in [0.05, 0.1) is 16.8 Å². The number of nitrogens with zero attached hydrogens (tertiary/aromatic N) is 2. The second-order valence-electron chi connectivity index (χ2n) is 4.37. The van der Waals surface area contributed by atoms with Crippen LogP contribution in [0.4, 0.5) is 10.1 Å². The van der Waals surface area contributed by atoms with Crippen LogP contribution in [0.25, 0.3) is 22.4 Å². The summed E-state index contributed by atoms with van der Waals surface area (Å²) in [6.07, 6.45) is 0. The van der Waals surface area contributed by atoms with Crippen molar-refractivity contribution in [1.82, 2.24) is 9.55 Å². The van der Waals surface area contributed by atoms with Crippen LogP contribution in [0.2, 0.25) is 0 Å². The molecule has 0 unspecified atom stereocenters. The predicted molar refractivity (Wildman–Crippen MR) is 75.2 cm³/mol. The average Bonchev–Trinajstić information content (AvgIpc) is 2.79. The molecule has 1 heterocycles. The van der Waals surface area contributed by atoms with E-state index in [0.29, 0.717) is 23.6 Å². The standard InChI is InChI=1S/C15H14FN3/c1-2-19-13-9-5-8-12(17)14(13)18-15(19)10-6-3-4-7-11(10)16/h3-9H,2,17H2,1H3. The van der Waals surface area contributed by atoms with E-state index in [0.717, 1.165) is 11.0 Å². The van der Waals surface area contributed by atoms with Crippen LogP contribution in [0.5, 0.6) is 0 Å². The Hall–Kier alpha value is -2.36. The number of aryl methyl sites for hydroxylation is 1. The molecule has 96 valence electrons. The van der Waals surface area contributed by atoms with Crippen molar-refractivity contribution < 1.29 is 4.39 Å². The molecule has 0 saturated heterocycles. The van der Waals surface area contributed by atoms with Gasteiger partial charge in [0.2, 0.25) is 0 Å². The summed E-state index contributed by atoms with van der Waals surface area (Å²) in [5.41, 5.74) is 8.71. The van der Waals surface area contributed by atoms with E-state index < -0.39 is 0 Å². The Morgan fingerprint density at radius 2 is 1.95 bits per heavy atom. The predicted octanol–water partition coefficient (Wildman–Crippen LogP) is 3.44. The Labute approximate surface area is 110 Å². The van der Waals surface area contributed by atoms with Crippen LogP contribution in [-0.2, 0) is 6.54 Å². The van der Waals surface area contributed by atoms with Crippen LogP contribution in [0.3, 0.4) is 0 Å². The number of anilines is 1. The van der Waals surface area contributed by atoms with E-state index in [4.69, 9.17) is 5.73 Å². The average molecular weight is 255 g/mol. The fourth-order valence-corrected chi connectivity index (χ4v) is 2.34. The smallest absolute Gasteiger partial charge is 0.144 e. The number of imidazole rings is 1. The number of halogens is 1. The topological polar surface area (TPSA) is 43.8 Å². The second kappa shape index (κ2) is 4.39. The molecule has 0 aliphatic rings. The van der Waals surface area contributed by atoms with E-state index in [9.17, 15) is 4.39 Å². The number of nitrogens with two attached hydrogens (primary N) is 1. The molecular formula is C15H14FN3. The SMILES string of the molecule is CCn1c(-c2ccccc2F)nc2c(N)cccc21. The van der Waals surface area contributed by atoms with Crippen molar-refractivity contribution in [2.24, 2.45) is 0 Å². The highest BCUT2D eigenvalue weighted by atomic mass is 19.1. The Bertz CT molecular complexity index is 746. The van der Waals surface area contributed by atoms with Crippen LogP contribution in [-0.4, -0.2) is 9.55 Å². The van der Waals surface area contributed by atoms with Crippen molar-refractivity contribution in [2.75, 3.05) is 5.73 Å². The summed E-state index contributed by atoms with van der Waals surface area (Å²) in [4.78, 5) is 4.51. The van der Waals surface area contributed by atoms with Crippen molar-refractivity contribution in [2.45, 2.75) is 13.5 Å². The number of hydrogen-bond acceptors (Lipinski definition) is 2. The lowest BCUT2D eigenvalue weighted by Crippen LogP contribution is -1.98. The summed E-state index contributed by atoms with van der Waals surface area (Å²) >= 11 is 0. The van der Waals surface area contributed by atoms with Gasteiger partial charge in [0.15, 0.2) is 0 Å². The van der Waals surface area contributed by atoms with Crippen molar-refractivity contribution in [3.63, 3.8) is 0 Å². The van der Waals surface area contributed by atoms with Gasteiger partial charge < -0.3 is 10.3 Å². The second-order valence-corrected chi connectivity index (χ2v) is 4.37. The van der Waals surface area contributed by atoms with Crippen molar-refractivity contribution in [1.29, 1.82) is 0 Å². The number of nitrogen functional groups attached to an aromatic ring is 1. The third kappa shape index (κ3) is 1.76. The molecule has 1 aromatic heterocycles. The molecule has 3 aromatic rings. The van der Waals surface area contributed by atoms with E-state index >= 15 is 0 Å². The zero-order chi connectivity index (χ0) is 13.4. The van der Waals surface area contributed by atoms with Crippen LogP contribution < -0.4 is 5.73 Å². The highest BCUT2D eigenvalue weighted by molar-refractivity contribution is 5.90. The number of hydrogen-bond donors (Lipinski definition) is 1. The van der Waals surface area contributed by atoms with Gasteiger partial charge in [0, 0.05) is 6.54 Å². The van der Waals surface area contributed by atoms with Gasteiger partial charge in [-0.1, -0.05) is 18.2 Å². The molecule has 0 radical (unpaired) electrons. The third-order valence-corrected chi connectivity index (χ3v) is 3.24. The van der Waals surface area contributed by atoms with Gasteiger partial charge in [-0.25, -0.2) is 9.37 Å². The van der Waals surface area contributed by atoms with Crippen LogP contribution >= 0.6 is 0 Å². The Morgan fingerprint density at radius 3 is 2.68 bits per heavy atom. The summed E-state index contributed by atoms with van der Waals surface area (Å²) in [6, 6.07) is 12.3. The van der Waals surface area contributed by atoms with Gasteiger partial charge in [0.1, 0.15) is 17.2 Å². The molecule has 0 bridgehead atoms. The maximum absolute atomic E-state index is 13.9. The Morgan fingerprint density at radius 1 is 1.16 bits per heavy atom. The molecule has 3 nitrogen and oxygen atoms in total. The number of aromatic nitrogens is 2. The zero-order valence-electron chi connectivity index (χ0n) is 10.6. The van der Waals surface area contributed by atoms with Crippen LogP contribution in [0.15, 0.2) is 42.5 Å². The minimum atomic E-state index is -0.272. The van der Waals surface area contributed by atoms with E-state index in [-0.39, 0.29) is 5.82 Å². The summed E-state index contributed by atoms with van der Waals surface area (Å²) in [5, 5.41) is 0. The van der Waals surface area contributed by atoms with Crippen LogP contribution in [0.1, 0.15) is 6.92 Å². The summed E-state index contributed by atoms with van der Waals surface area (Å²) in [7, 11) is 0. The lowest BCUT2D eigenvalue weighted by Gasteiger charge is -2.06. The minimum absolute atomic E-state index is 0.272. The maximum atomic E-state index is 13.9. The van der Waals surface area contributed by atoms with Crippen molar-refractivity contribution >= 4 is 16.7 Å². The number of rotatable bonds is 2. The molecule has 2 aromatic carbocycles. The largest absolute Gasteiger partial charge is 0.397 e. The fourth-order valence-electron chi connectivity index (χ4n) is 2.34. The minimum Gasteiger partial charge on any atom is -0.397 e. The monoisotopic (exact) mass is 255 g/mol. The molecule has 19 heavy (non-hydrogen) atoms. The van der Waals surface area contributed by atoms with Gasteiger partial charge in [-0.2, -0.15) is 0 Å². The number of fused-ring (bicyclic) bond motifs is 1. The highest BCUT2D eigenvalue weighted by Gasteiger charge is 2.15. The molecule has 0 spiro atoms. The van der Waals surface area contributed by atoms with E-state index in [1.165, 1.54) is 6.07 Å². The first-order chi connectivity index (χ1) is 9.22. The molecule has 0 aliphatic heterocycles. The maximum Gasteiger partial charge on any atom is 0.144 e. The summed E-state index contributed by atoms with van der Waals surface area (Å²) < 4.78 is 15.9. The lowest BCUT2D eigenvalue weighted by molar-refractivity contribution is 0.628. The molecule has 0 amide bonds.